The van der Waals surface area contributed by atoms with Gasteiger partial charge < -0.3 is 4.40 Å². The zero-order valence-corrected chi connectivity index (χ0v) is 15.4. The zero-order valence-electron chi connectivity index (χ0n) is 15.4. The number of aryl methyl sites for hydroxylation is 2. The maximum Gasteiger partial charge on any atom is 0.172 e. The standard InChI is InChI=1S/C22H20N4O/c1-3-17-5-4-6-18(25-17)12-21(27)19-11-16(14-26-10-9-24-22(19)26)20-13-23-8-7-15(20)2/h4-11,13-14H,3,12H2,1-2H3. The van der Waals surface area contributed by atoms with Crippen LogP contribution in [-0.4, -0.2) is 25.1 Å². The fourth-order valence-corrected chi connectivity index (χ4v) is 3.24. The number of imidazole rings is 1. The highest BCUT2D eigenvalue weighted by atomic mass is 16.1. The number of carbonyl (C=O) groups is 1. The van der Waals surface area contributed by atoms with Crippen LogP contribution >= 0.6 is 0 Å². The van der Waals surface area contributed by atoms with Crippen LogP contribution in [0, 0.1) is 6.92 Å². The average molecular weight is 356 g/mol. The molecule has 27 heavy (non-hydrogen) atoms. The molecule has 0 spiro atoms. The molecule has 0 aliphatic rings. The Kier molecular flexibility index (Phi) is 4.50. The highest BCUT2D eigenvalue weighted by Crippen LogP contribution is 2.25. The second-order valence-corrected chi connectivity index (χ2v) is 6.56. The summed E-state index contributed by atoms with van der Waals surface area (Å²) in [6.45, 7) is 4.10. The number of carbonyl (C=O) groups excluding carboxylic acids is 1. The smallest absolute Gasteiger partial charge is 0.172 e. The first-order valence-electron chi connectivity index (χ1n) is 9.01. The van der Waals surface area contributed by atoms with Gasteiger partial charge in [0.2, 0.25) is 0 Å². The van der Waals surface area contributed by atoms with Crippen LogP contribution in [0.3, 0.4) is 0 Å². The van der Waals surface area contributed by atoms with Crippen molar-refractivity contribution in [2.24, 2.45) is 0 Å². The number of nitrogens with zero attached hydrogens (tertiary/aromatic N) is 4. The van der Waals surface area contributed by atoms with Crippen molar-refractivity contribution in [3.63, 3.8) is 0 Å². The van der Waals surface area contributed by atoms with Gasteiger partial charge in [0.15, 0.2) is 5.78 Å². The SMILES string of the molecule is CCc1cccc(CC(=O)c2cc(-c3cnccc3C)cn3ccnc23)n1. The predicted octanol–water partition coefficient (Wildman–Crippen LogP) is 4.09. The Labute approximate surface area is 157 Å². The third kappa shape index (κ3) is 3.36. The van der Waals surface area contributed by atoms with Gasteiger partial charge in [-0.3, -0.25) is 14.8 Å². The van der Waals surface area contributed by atoms with Crippen LogP contribution < -0.4 is 0 Å². The monoisotopic (exact) mass is 356 g/mol. The van der Waals surface area contributed by atoms with Crippen LogP contribution in [0.5, 0.6) is 0 Å². The average Bonchev–Trinajstić information content (AvgIpc) is 3.16. The molecule has 0 unspecified atom stereocenters. The van der Waals surface area contributed by atoms with E-state index in [1.807, 2.05) is 60.2 Å². The van der Waals surface area contributed by atoms with Crippen molar-refractivity contribution in [1.82, 2.24) is 19.4 Å². The van der Waals surface area contributed by atoms with Crippen LogP contribution in [0.1, 0.15) is 34.2 Å². The van der Waals surface area contributed by atoms with Gasteiger partial charge in [0.1, 0.15) is 5.65 Å². The van der Waals surface area contributed by atoms with E-state index in [1.54, 1.807) is 12.4 Å². The summed E-state index contributed by atoms with van der Waals surface area (Å²) in [4.78, 5) is 26.3. The quantitative estimate of drug-likeness (QED) is 0.505. The molecule has 0 radical (unpaired) electrons. The minimum absolute atomic E-state index is 0.00958. The number of ketones is 1. The van der Waals surface area contributed by atoms with Gasteiger partial charge in [-0.2, -0.15) is 0 Å². The maximum absolute atomic E-state index is 13.1. The van der Waals surface area contributed by atoms with Gasteiger partial charge in [0.25, 0.3) is 0 Å². The van der Waals surface area contributed by atoms with E-state index in [0.717, 1.165) is 34.5 Å². The number of hydrogen-bond donors (Lipinski definition) is 0. The van der Waals surface area contributed by atoms with Gasteiger partial charge in [-0.05, 0) is 43.2 Å². The molecule has 0 N–H and O–H groups in total. The van der Waals surface area contributed by atoms with Crippen molar-refractivity contribution in [1.29, 1.82) is 0 Å². The van der Waals surface area contributed by atoms with Crippen molar-refractivity contribution in [3.05, 3.63) is 83.8 Å². The molecule has 0 aliphatic heterocycles. The summed E-state index contributed by atoms with van der Waals surface area (Å²) in [5.74, 6) is 0.00958. The lowest BCUT2D eigenvalue weighted by Crippen LogP contribution is -2.08. The number of rotatable bonds is 5. The molecule has 0 bridgehead atoms. The maximum atomic E-state index is 13.1. The van der Waals surface area contributed by atoms with E-state index in [2.05, 4.69) is 21.9 Å². The van der Waals surface area contributed by atoms with Crippen molar-refractivity contribution in [2.75, 3.05) is 0 Å². The number of pyridine rings is 3. The normalized spacial score (nSPS) is 11.0. The first kappa shape index (κ1) is 17.1. The number of hydrogen-bond acceptors (Lipinski definition) is 4. The van der Waals surface area contributed by atoms with E-state index >= 15 is 0 Å². The van der Waals surface area contributed by atoms with E-state index in [1.165, 1.54) is 0 Å². The van der Waals surface area contributed by atoms with Gasteiger partial charge in [-0.15, -0.1) is 0 Å². The fraction of sp³-hybridized carbons (Fsp3) is 0.182. The lowest BCUT2D eigenvalue weighted by Gasteiger charge is -2.10. The minimum Gasteiger partial charge on any atom is -0.306 e. The molecule has 4 aromatic heterocycles. The predicted molar refractivity (Wildman–Crippen MR) is 105 cm³/mol. The van der Waals surface area contributed by atoms with Gasteiger partial charge in [-0.25, -0.2) is 4.98 Å². The van der Waals surface area contributed by atoms with E-state index in [-0.39, 0.29) is 12.2 Å². The summed E-state index contributed by atoms with van der Waals surface area (Å²) in [6.07, 6.45) is 10.3. The highest BCUT2D eigenvalue weighted by molar-refractivity contribution is 6.03. The molecular weight excluding hydrogens is 336 g/mol. The second-order valence-electron chi connectivity index (χ2n) is 6.56. The second kappa shape index (κ2) is 7.11. The Morgan fingerprint density at radius 2 is 2.00 bits per heavy atom. The van der Waals surface area contributed by atoms with Crippen molar-refractivity contribution < 1.29 is 4.79 Å². The molecular formula is C22H20N4O. The lowest BCUT2D eigenvalue weighted by molar-refractivity contribution is 0.0993. The van der Waals surface area contributed by atoms with E-state index in [0.29, 0.717) is 11.2 Å². The molecule has 0 aromatic carbocycles. The Morgan fingerprint density at radius 3 is 2.81 bits per heavy atom. The van der Waals surface area contributed by atoms with Crippen LogP contribution in [0.15, 0.2) is 61.3 Å². The molecule has 0 amide bonds. The van der Waals surface area contributed by atoms with Crippen molar-refractivity contribution >= 4 is 11.4 Å². The third-order valence-corrected chi connectivity index (χ3v) is 4.71. The van der Waals surface area contributed by atoms with E-state index < -0.39 is 0 Å². The summed E-state index contributed by atoms with van der Waals surface area (Å²) < 4.78 is 1.89. The summed E-state index contributed by atoms with van der Waals surface area (Å²) in [6, 6.07) is 9.71. The van der Waals surface area contributed by atoms with Crippen LogP contribution in [0.25, 0.3) is 16.8 Å². The minimum atomic E-state index is 0.00958. The molecule has 4 heterocycles. The fourth-order valence-electron chi connectivity index (χ4n) is 3.24. The van der Waals surface area contributed by atoms with Gasteiger partial charge in [0, 0.05) is 53.5 Å². The Hall–Kier alpha value is -3.34. The van der Waals surface area contributed by atoms with Crippen molar-refractivity contribution in [3.8, 4) is 11.1 Å². The topological polar surface area (TPSA) is 60.2 Å². The van der Waals surface area contributed by atoms with E-state index in [9.17, 15) is 4.79 Å². The molecule has 0 saturated carbocycles. The number of fused-ring (bicyclic) bond motifs is 1. The van der Waals surface area contributed by atoms with E-state index in [4.69, 9.17) is 0 Å². The summed E-state index contributed by atoms with van der Waals surface area (Å²) in [5, 5.41) is 0. The molecule has 5 nitrogen and oxygen atoms in total. The Bertz CT molecular complexity index is 1130. The molecule has 4 aromatic rings. The lowest BCUT2D eigenvalue weighted by atomic mass is 10.00. The Morgan fingerprint density at radius 1 is 1.15 bits per heavy atom. The number of aromatic nitrogens is 4. The van der Waals surface area contributed by atoms with Gasteiger partial charge >= 0.3 is 0 Å². The molecule has 4 rings (SSSR count). The highest BCUT2D eigenvalue weighted by Gasteiger charge is 2.16. The Balaban J connectivity index is 1.77. The zero-order chi connectivity index (χ0) is 18.8. The van der Waals surface area contributed by atoms with Crippen LogP contribution in [0.4, 0.5) is 0 Å². The first-order valence-corrected chi connectivity index (χ1v) is 9.01. The molecule has 5 heteroatoms. The largest absolute Gasteiger partial charge is 0.306 e. The molecule has 0 atom stereocenters. The van der Waals surface area contributed by atoms with Crippen LogP contribution in [0.2, 0.25) is 0 Å². The third-order valence-electron chi connectivity index (χ3n) is 4.71. The van der Waals surface area contributed by atoms with Gasteiger partial charge in [-0.1, -0.05) is 13.0 Å². The molecule has 0 saturated heterocycles. The first-order chi connectivity index (χ1) is 13.2. The van der Waals surface area contributed by atoms with Gasteiger partial charge in [0.05, 0.1) is 12.0 Å². The summed E-state index contributed by atoms with van der Waals surface area (Å²) in [7, 11) is 0. The molecule has 0 fully saturated rings. The van der Waals surface area contributed by atoms with Crippen molar-refractivity contribution in [2.45, 2.75) is 26.7 Å². The molecule has 134 valence electrons. The molecule has 0 aliphatic carbocycles. The summed E-state index contributed by atoms with van der Waals surface area (Å²) >= 11 is 0. The van der Waals surface area contributed by atoms with Crippen LogP contribution in [-0.2, 0) is 12.8 Å². The number of Topliss-reactive ketones (excluding diaryl/α,β-unsaturated/α-hetero) is 1. The summed E-state index contributed by atoms with van der Waals surface area (Å²) in [5.41, 5.74) is 6.11.